The van der Waals surface area contributed by atoms with Crippen molar-refractivity contribution in [3.05, 3.63) is 30.3 Å². The van der Waals surface area contributed by atoms with E-state index in [0.29, 0.717) is 19.6 Å². The van der Waals surface area contributed by atoms with Crippen molar-refractivity contribution < 1.29 is 9.53 Å². The van der Waals surface area contributed by atoms with Gasteiger partial charge >= 0.3 is 5.97 Å². The number of carbonyl (C=O) groups is 1. The van der Waals surface area contributed by atoms with Gasteiger partial charge in [0, 0.05) is 44.5 Å². The fourth-order valence-electron chi connectivity index (χ4n) is 3.34. The van der Waals surface area contributed by atoms with Crippen LogP contribution in [0.15, 0.2) is 30.3 Å². The van der Waals surface area contributed by atoms with E-state index >= 15 is 0 Å². The molecule has 1 unspecified atom stereocenters. The Kier molecular flexibility index (Phi) is 9.17. The van der Waals surface area contributed by atoms with Crippen molar-refractivity contribution in [1.29, 1.82) is 0 Å². The van der Waals surface area contributed by atoms with E-state index in [9.17, 15) is 4.79 Å². The number of likely N-dealkylation sites (N-methyl/N-ethyl adjacent to an activating group) is 1. The summed E-state index contributed by atoms with van der Waals surface area (Å²) < 4.78 is 5.36. The molecule has 0 amide bonds. The van der Waals surface area contributed by atoms with Gasteiger partial charge in [0.05, 0.1) is 19.6 Å². The molecule has 1 saturated heterocycles. The molecule has 0 bridgehead atoms. The maximum absolute atomic E-state index is 12.2. The number of piperazine rings is 1. The van der Waals surface area contributed by atoms with E-state index in [0.717, 1.165) is 45.6 Å². The van der Waals surface area contributed by atoms with Crippen LogP contribution < -0.4 is 4.90 Å². The number of anilines is 1. The number of benzene rings is 1. The molecule has 1 aromatic rings. The van der Waals surface area contributed by atoms with Gasteiger partial charge in [0.25, 0.3) is 0 Å². The van der Waals surface area contributed by atoms with Crippen LogP contribution in [0.4, 0.5) is 5.69 Å². The number of carbonyl (C=O) groups excluding carboxylic acids is 1. The third kappa shape index (κ3) is 7.24. The zero-order valence-electron chi connectivity index (χ0n) is 16.8. The van der Waals surface area contributed by atoms with Crippen LogP contribution in [0, 0.1) is 12.3 Å². The molecule has 0 radical (unpaired) electrons. The van der Waals surface area contributed by atoms with Gasteiger partial charge in [-0.25, -0.2) is 0 Å². The van der Waals surface area contributed by atoms with Crippen LogP contribution in [0.3, 0.4) is 0 Å². The largest absolute Gasteiger partial charge is 0.466 e. The molecule has 1 aliphatic heterocycles. The smallest absolute Gasteiger partial charge is 0.307 e. The highest BCUT2D eigenvalue weighted by molar-refractivity contribution is 5.70. The van der Waals surface area contributed by atoms with E-state index in [2.05, 4.69) is 51.8 Å². The predicted octanol–water partition coefficient (Wildman–Crippen LogP) is 2.48. The summed E-state index contributed by atoms with van der Waals surface area (Å²) in [5, 5.41) is 0. The molecule has 0 aromatic heterocycles. The summed E-state index contributed by atoms with van der Waals surface area (Å²) in [6.45, 7) is 7.94. The molecule has 2 rings (SSSR count). The van der Waals surface area contributed by atoms with Crippen LogP contribution in [0.25, 0.3) is 0 Å². The third-order valence-corrected chi connectivity index (χ3v) is 5.09. The molecule has 1 atom stereocenters. The zero-order valence-corrected chi connectivity index (χ0v) is 16.8. The molecule has 148 valence electrons. The van der Waals surface area contributed by atoms with Crippen LogP contribution in [0.1, 0.15) is 26.2 Å². The van der Waals surface area contributed by atoms with Crippen molar-refractivity contribution in [1.82, 2.24) is 9.80 Å². The summed E-state index contributed by atoms with van der Waals surface area (Å²) in [5.74, 6) is 2.56. The predicted molar refractivity (Wildman–Crippen MR) is 111 cm³/mol. The Morgan fingerprint density at radius 2 is 1.96 bits per heavy atom. The van der Waals surface area contributed by atoms with Gasteiger partial charge in [-0.1, -0.05) is 37.5 Å². The standard InChI is InChI=1S/C22H33N3O2/c1-4-6-17-27-22(26)18-21(23(3)12-5-2)19-24-13-15-25(16-14-24)20-10-8-7-9-11-20/h2,7-11,21H,4,6,12-19H2,1,3H3. The van der Waals surface area contributed by atoms with E-state index in [1.54, 1.807) is 0 Å². The fraction of sp³-hybridized carbons (Fsp3) is 0.591. The van der Waals surface area contributed by atoms with Gasteiger partial charge in [0.2, 0.25) is 0 Å². The van der Waals surface area contributed by atoms with Crippen LogP contribution in [-0.2, 0) is 9.53 Å². The summed E-state index contributed by atoms with van der Waals surface area (Å²) >= 11 is 0. The van der Waals surface area contributed by atoms with Gasteiger partial charge < -0.3 is 9.64 Å². The molecule has 0 saturated carbocycles. The summed E-state index contributed by atoms with van der Waals surface area (Å²) in [4.78, 5) is 19.1. The molecule has 5 heteroatoms. The van der Waals surface area contributed by atoms with Crippen molar-refractivity contribution in [2.45, 2.75) is 32.2 Å². The monoisotopic (exact) mass is 371 g/mol. The number of esters is 1. The molecule has 1 aromatic carbocycles. The molecule has 5 nitrogen and oxygen atoms in total. The maximum Gasteiger partial charge on any atom is 0.307 e. The lowest BCUT2D eigenvalue weighted by molar-refractivity contribution is -0.145. The second-order valence-corrected chi connectivity index (χ2v) is 7.17. The lowest BCUT2D eigenvalue weighted by atomic mass is 10.1. The number of para-hydroxylation sites is 1. The highest BCUT2D eigenvalue weighted by atomic mass is 16.5. The lowest BCUT2D eigenvalue weighted by Gasteiger charge is -2.39. The van der Waals surface area contributed by atoms with Crippen molar-refractivity contribution in [2.24, 2.45) is 0 Å². The Bertz CT molecular complexity index is 591. The average molecular weight is 372 g/mol. The molecule has 0 spiro atoms. The normalized spacial score (nSPS) is 16.1. The Morgan fingerprint density at radius 3 is 2.59 bits per heavy atom. The van der Waals surface area contributed by atoms with E-state index in [1.165, 1.54) is 5.69 Å². The fourth-order valence-corrected chi connectivity index (χ4v) is 3.34. The lowest BCUT2D eigenvalue weighted by Crippen LogP contribution is -2.51. The molecule has 1 fully saturated rings. The molecular weight excluding hydrogens is 338 g/mol. The average Bonchev–Trinajstić information content (AvgIpc) is 2.69. The molecule has 1 aliphatic rings. The van der Waals surface area contributed by atoms with Crippen LogP contribution in [0.5, 0.6) is 0 Å². The quantitative estimate of drug-likeness (QED) is 0.359. The second-order valence-electron chi connectivity index (χ2n) is 7.17. The Hall–Kier alpha value is -2.03. The number of unbranched alkanes of at least 4 members (excludes halogenated alkanes) is 1. The SMILES string of the molecule is C#CCN(C)C(CC(=O)OCCCC)CN1CCN(c2ccccc2)CC1. The number of hydrogen-bond donors (Lipinski definition) is 0. The van der Waals surface area contributed by atoms with Crippen molar-refractivity contribution in [2.75, 3.05) is 57.8 Å². The van der Waals surface area contributed by atoms with Gasteiger partial charge in [-0.05, 0) is 25.6 Å². The van der Waals surface area contributed by atoms with Gasteiger partial charge in [-0.3, -0.25) is 14.6 Å². The third-order valence-electron chi connectivity index (χ3n) is 5.09. The van der Waals surface area contributed by atoms with Gasteiger partial charge in [-0.2, -0.15) is 0 Å². The van der Waals surface area contributed by atoms with E-state index < -0.39 is 0 Å². The molecule has 0 aliphatic carbocycles. The molecule has 1 heterocycles. The highest BCUT2D eigenvalue weighted by Crippen LogP contribution is 2.16. The first kappa shape index (κ1) is 21.3. The Morgan fingerprint density at radius 1 is 1.26 bits per heavy atom. The number of nitrogens with zero attached hydrogens (tertiary/aromatic N) is 3. The van der Waals surface area contributed by atoms with Crippen LogP contribution in [0.2, 0.25) is 0 Å². The first-order valence-corrected chi connectivity index (χ1v) is 9.95. The summed E-state index contributed by atoms with van der Waals surface area (Å²) in [5.41, 5.74) is 1.28. The number of hydrogen-bond acceptors (Lipinski definition) is 5. The van der Waals surface area contributed by atoms with Crippen LogP contribution >= 0.6 is 0 Å². The van der Waals surface area contributed by atoms with E-state index in [-0.39, 0.29) is 12.0 Å². The Balaban J connectivity index is 1.85. The topological polar surface area (TPSA) is 36.0 Å². The molecule has 0 N–H and O–H groups in total. The van der Waals surface area contributed by atoms with E-state index in [1.807, 2.05) is 13.1 Å². The van der Waals surface area contributed by atoms with E-state index in [4.69, 9.17) is 11.2 Å². The maximum atomic E-state index is 12.2. The Labute approximate surface area is 164 Å². The van der Waals surface area contributed by atoms with Gasteiger partial charge in [0.15, 0.2) is 0 Å². The minimum atomic E-state index is -0.125. The number of rotatable bonds is 10. The second kappa shape index (κ2) is 11.6. The highest BCUT2D eigenvalue weighted by Gasteiger charge is 2.24. The first-order valence-electron chi connectivity index (χ1n) is 9.95. The number of ether oxygens (including phenoxy) is 1. The number of terminal acetylenes is 1. The summed E-state index contributed by atoms with van der Waals surface area (Å²) in [7, 11) is 1.99. The zero-order chi connectivity index (χ0) is 19.5. The minimum absolute atomic E-state index is 0.0819. The van der Waals surface area contributed by atoms with Gasteiger partial charge in [0.1, 0.15) is 0 Å². The summed E-state index contributed by atoms with van der Waals surface area (Å²) in [6, 6.07) is 10.6. The first-order chi connectivity index (χ1) is 13.1. The van der Waals surface area contributed by atoms with Crippen molar-refractivity contribution in [3.8, 4) is 12.3 Å². The minimum Gasteiger partial charge on any atom is -0.466 e. The van der Waals surface area contributed by atoms with Gasteiger partial charge in [-0.15, -0.1) is 6.42 Å². The van der Waals surface area contributed by atoms with Crippen molar-refractivity contribution in [3.63, 3.8) is 0 Å². The van der Waals surface area contributed by atoms with Crippen molar-refractivity contribution >= 4 is 11.7 Å². The van der Waals surface area contributed by atoms with Crippen LogP contribution in [-0.4, -0.2) is 74.7 Å². The summed E-state index contributed by atoms with van der Waals surface area (Å²) in [6.07, 6.45) is 7.82. The molecule has 27 heavy (non-hydrogen) atoms. The molecular formula is C22H33N3O2.